The predicted octanol–water partition coefficient (Wildman–Crippen LogP) is -2.70. The van der Waals surface area contributed by atoms with E-state index in [1.54, 1.807) is 0 Å². The molecule has 0 aliphatic rings. The first-order chi connectivity index (χ1) is 5.61. The van der Waals surface area contributed by atoms with Crippen LogP contribution in [0.15, 0.2) is 0 Å². The largest absolute Gasteiger partial charge is 0.328 e. The van der Waals surface area contributed by atoms with Gasteiger partial charge in [-0.05, 0) is 6.92 Å². The first-order valence-electron chi connectivity index (χ1n) is 4.00. The second-order valence-electron chi connectivity index (χ2n) is 2.91. The van der Waals surface area contributed by atoms with Gasteiger partial charge < -0.3 is 17.2 Å². The lowest BCUT2D eigenvalue weighted by Gasteiger charge is -2.28. The molecule has 12 heavy (non-hydrogen) atoms. The molecule has 0 aliphatic carbocycles. The third-order valence-electron chi connectivity index (χ3n) is 1.53. The lowest BCUT2D eigenvalue weighted by Crippen LogP contribution is -2.54. The minimum atomic E-state index is -0.188. The SMILES string of the molecule is CC(N)CN(CNN)C(N)CN. The van der Waals surface area contributed by atoms with Gasteiger partial charge in [0.2, 0.25) is 0 Å². The monoisotopic (exact) mass is 176 g/mol. The Morgan fingerprint density at radius 3 is 2.33 bits per heavy atom. The topological polar surface area (TPSA) is 119 Å². The lowest BCUT2D eigenvalue weighted by atomic mass is 10.3. The summed E-state index contributed by atoms with van der Waals surface area (Å²) >= 11 is 0. The van der Waals surface area contributed by atoms with Gasteiger partial charge in [-0.2, -0.15) is 0 Å². The average molecular weight is 176 g/mol. The molecule has 0 aromatic rings. The number of hydrogen-bond donors (Lipinski definition) is 5. The van der Waals surface area contributed by atoms with Gasteiger partial charge in [-0.15, -0.1) is 0 Å². The highest BCUT2D eigenvalue weighted by Crippen LogP contribution is 1.91. The summed E-state index contributed by atoms with van der Waals surface area (Å²) in [7, 11) is 0. The van der Waals surface area contributed by atoms with Crippen molar-refractivity contribution in [3.63, 3.8) is 0 Å². The van der Waals surface area contributed by atoms with Crippen molar-refractivity contribution in [1.82, 2.24) is 10.3 Å². The molecule has 6 nitrogen and oxygen atoms in total. The molecule has 9 N–H and O–H groups in total. The molecule has 0 aromatic carbocycles. The maximum Gasteiger partial charge on any atom is 0.0709 e. The highest BCUT2D eigenvalue weighted by Gasteiger charge is 2.12. The van der Waals surface area contributed by atoms with Gasteiger partial charge in [0.25, 0.3) is 0 Å². The molecule has 0 aliphatic heterocycles. The van der Waals surface area contributed by atoms with Crippen LogP contribution in [0.1, 0.15) is 6.92 Å². The molecule has 0 bridgehead atoms. The number of hydrogen-bond acceptors (Lipinski definition) is 6. The van der Waals surface area contributed by atoms with E-state index in [2.05, 4.69) is 5.43 Å². The van der Waals surface area contributed by atoms with Crippen molar-refractivity contribution in [3.8, 4) is 0 Å². The fourth-order valence-electron chi connectivity index (χ4n) is 0.953. The first-order valence-corrected chi connectivity index (χ1v) is 4.00. The second-order valence-corrected chi connectivity index (χ2v) is 2.91. The van der Waals surface area contributed by atoms with Crippen LogP contribution < -0.4 is 28.5 Å². The van der Waals surface area contributed by atoms with Gasteiger partial charge in [-0.3, -0.25) is 10.7 Å². The van der Waals surface area contributed by atoms with E-state index in [0.717, 1.165) is 0 Å². The summed E-state index contributed by atoms with van der Waals surface area (Å²) < 4.78 is 0. The number of hydrazine groups is 1. The van der Waals surface area contributed by atoms with E-state index in [4.69, 9.17) is 23.0 Å². The molecular weight excluding hydrogens is 156 g/mol. The molecule has 0 saturated heterocycles. The van der Waals surface area contributed by atoms with Crippen LogP contribution in [-0.4, -0.2) is 36.9 Å². The Labute approximate surface area is 73.2 Å². The Hall–Kier alpha value is -0.240. The molecule has 0 aromatic heterocycles. The highest BCUT2D eigenvalue weighted by molar-refractivity contribution is 4.69. The summed E-state index contributed by atoms with van der Waals surface area (Å²) in [6.07, 6.45) is -0.188. The van der Waals surface area contributed by atoms with Crippen LogP contribution >= 0.6 is 0 Å². The van der Waals surface area contributed by atoms with Gasteiger partial charge in [0.1, 0.15) is 0 Å². The first kappa shape index (κ1) is 11.8. The third kappa shape index (κ3) is 4.60. The van der Waals surface area contributed by atoms with Crippen molar-refractivity contribution in [3.05, 3.63) is 0 Å². The van der Waals surface area contributed by atoms with Crippen molar-refractivity contribution in [2.75, 3.05) is 19.8 Å². The zero-order chi connectivity index (χ0) is 9.56. The molecule has 0 amide bonds. The molecule has 0 spiro atoms. The molecule has 2 atom stereocenters. The van der Waals surface area contributed by atoms with Crippen LogP contribution in [0, 0.1) is 0 Å². The molecule has 0 rings (SSSR count). The average Bonchev–Trinajstić information content (AvgIpc) is 2.01. The maximum absolute atomic E-state index is 5.70. The van der Waals surface area contributed by atoms with Gasteiger partial charge in [-0.1, -0.05) is 0 Å². The van der Waals surface area contributed by atoms with Crippen molar-refractivity contribution < 1.29 is 0 Å². The second kappa shape index (κ2) is 6.30. The van der Waals surface area contributed by atoms with E-state index in [9.17, 15) is 0 Å². The van der Waals surface area contributed by atoms with E-state index >= 15 is 0 Å². The van der Waals surface area contributed by atoms with Gasteiger partial charge >= 0.3 is 0 Å². The fourth-order valence-corrected chi connectivity index (χ4v) is 0.953. The Balaban J connectivity index is 3.84. The van der Waals surface area contributed by atoms with E-state index < -0.39 is 0 Å². The van der Waals surface area contributed by atoms with Crippen LogP contribution in [0.2, 0.25) is 0 Å². The van der Waals surface area contributed by atoms with Gasteiger partial charge in [0.05, 0.1) is 12.8 Å². The Kier molecular flexibility index (Phi) is 6.17. The summed E-state index contributed by atoms with van der Waals surface area (Å²) in [5, 5.41) is 0. The van der Waals surface area contributed by atoms with Gasteiger partial charge in [0.15, 0.2) is 0 Å². The molecule has 0 radical (unpaired) electrons. The molecular formula is C6H20N6. The Bertz CT molecular complexity index is 106. The summed E-state index contributed by atoms with van der Waals surface area (Å²) in [4.78, 5) is 1.89. The number of nitrogens with one attached hydrogen (secondary N) is 1. The lowest BCUT2D eigenvalue weighted by molar-refractivity contribution is 0.181. The Morgan fingerprint density at radius 2 is 2.00 bits per heavy atom. The van der Waals surface area contributed by atoms with Crippen molar-refractivity contribution in [1.29, 1.82) is 0 Å². The number of nitrogens with two attached hydrogens (primary N) is 4. The summed E-state index contributed by atoms with van der Waals surface area (Å²) in [5.41, 5.74) is 19.2. The van der Waals surface area contributed by atoms with Crippen LogP contribution in [0.3, 0.4) is 0 Å². The molecule has 74 valence electrons. The standard InChI is InChI=1S/C6H20N6/c1-5(8)3-12(4-11-10)6(9)2-7/h5-6,11H,2-4,7-10H2,1H3. The van der Waals surface area contributed by atoms with E-state index in [-0.39, 0.29) is 12.2 Å². The maximum atomic E-state index is 5.70. The molecule has 0 heterocycles. The fraction of sp³-hybridized carbons (Fsp3) is 1.00. The third-order valence-corrected chi connectivity index (χ3v) is 1.53. The van der Waals surface area contributed by atoms with Crippen LogP contribution in [0.25, 0.3) is 0 Å². The molecule has 6 heteroatoms. The quantitative estimate of drug-likeness (QED) is 0.171. The predicted molar refractivity (Wildman–Crippen MR) is 49.6 cm³/mol. The van der Waals surface area contributed by atoms with Crippen molar-refractivity contribution >= 4 is 0 Å². The molecule has 0 fully saturated rings. The Morgan fingerprint density at radius 1 is 1.42 bits per heavy atom. The van der Waals surface area contributed by atoms with E-state index in [1.165, 1.54) is 0 Å². The summed E-state index contributed by atoms with van der Waals surface area (Å²) in [6.45, 7) is 3.49. The smallest absolute Gasteiger partial charge is 0.0709 e. The molecule has 0 saturated carbocycles. The van der Waals surface area contributed by atoms with Gasteiger partial charge in [0, 0.05) is 19.1 Å². The summed E-state index contributed by atoms with van der Waals surface area (Å²) in [6, 6.07) is 0.0657. The molecule has 2 unspecified atom stereocenters. The van der Waals surface area contributed by atoms with Gasteiger partial charge in [-0.25, -0.2) is 5.43 Å². The van der Waals surface area contributed by atoms with Crippen LogP contribution in [0.4, 0.5) is 0 Å². The normalized spacial score (nSPS) is 16.5. The highest BCUT2D eigenvalue weighted by atomic mass is 15.4. The zero-order valence-corrected chi connectivity index (χ0v) is 7.53. The number of rotatable bonds is 6. The minimum Gasteiger partial charge on any atom is -0.328 e. The number of nitrogens with zero attached hydrogens (tertiary/aromatic N) is 1. The zero-order valence-electron chi connectivity index (χ0n) is 7.53. The van der Waals surface area contributed by atoms with E-state index in [0.29, 0.717) is 19.8 Å². The van der Waals surface area contributed by atoms with Crippen molar-refractivity contribution in [2.45, 2.75) is 19.1 Å². The van der Waals surface area contributed by atoms with E-state index in [1.807, 2.05) is 11.8 Å². The minimum absolute atomic E-state index is 0.0657. The van der Waals surface area contributed by atoms with Crippen LogP contribution in [0.5, 0.6) is 0 Å². The van der Waals surface area contributed by atoms with Crippen molar-refractivity contribution in [2.24, 2.45) is 23.0 Å². The van der Waals surface area contributed by atoms with Crippen LogP contribution in [-0.2, 0) is 0 Å². The summed E-state index contributed by atoms with van der Waals surface area (Å²) in [5.74, 6) is 5.17.